The minimum atomic E-state index is -0.0625. The van der Waals surface area contributed by atoms with E-state index in [9.17, 15) is 10.2 Å². The highest BCUT2D eigenvalue weighted by molar-refractivity contribution is 8.93. The number of halogens is 1. The molecule has 1 aromatic carbocycles. The summed E-state index contributed by atoms with van der Waals surface area (Å²) in [4.78, 5) is 0. The predicted octanol–water partition coefficient (Wildman–Crippen LogP) is 2.59. The van der Waals surface area contributed by atoms with Gasteiger partial charge in [-0.15, -0.1) is 17.0 Å². The molecule has 1 heterocycles. The topological polar surface area (TPSA) is 52.5 Å². The van der Waals surface area contributed by atoms with Crippen LogP contribution in [0.2, 0.25) is 0 Å². The Morgan fingerprint density at radius 2 is 1.71 bits per heavy atom. The van der Waals surface area contributed by atoms with Crippen LogP contribution in [0.1, 0.15) is 25.3 Å². The molecular weight excluding hydrogens is 246 g/mol. The van der Waals surface area contributed by atoms with Crippen LogP contribution in [-0.4, -0.2) is 16.3 Å². The summed E-state index contributed by atoms with van der Waals surface area (Å²) in [6, 6.07) is 3.56. The Morgan fingerprint density at radius 1 is 1.14 bits per heavy atom. The summed E-state index contributed by atoms with van der Waals surface area (Å²) in [6.07, 6.45) is 0. The zero-order chi connectivity index (χ0) is 9.59. The van der Waals surface area contributed by atoms with Crippen molar-refractivity contribution in [3.05, 3.63) is 17.7 Å². The number of anilines is 1. The van der Waals surface area contributed by atoms with Crippen molar-refractivity contribution in [2.45, 2.75) is 25.8 Å². The maximum atomic E-state index is 9.31. The Hall–Kier alpha value is -0.900. The van der Waals surface area contributed by atoms with E-state index in [-0.39, 0.29) is 28.5 Å². The minimum Gasteiger partial charge on any atom is -0.504 e. The molecule has 1 aliphatic heterocycles. The van der Waals surface area contributed by atoms with Crippen molar-refractivity contribution in [3.8, 4) is 11.5 Å². The number of fused-ring (bicyclic) bond motifs is 1. The lowest BCUT2D eigenvalue weighted by Gasteiger charge is -2.08. The fraction of sp³-hybridized carbons (Fsp3) is 0.400. The molecule has 2 atom stereocenters. The maximum Gasteiger partial charge on any atom is 0.159 e. The van der Waals surface area contributed by atoms with Crippen molar-refractivity contribution in [1.29, 1.82) is 0 Å². The van der Waals surface area contributed by atoms with Gasteiger partial charge >= 0.3 is 0 Å². The molecule has 14 heavy (non-hydrogen) atoms. The number of phenolic OH excluding ortho intramolecular Hbond substituents is 2. The van der Waals surface area contributed by atoms with Crippen molar-refractivity contribution >= 4 is 22.7 Å². The molecule has 0 amide bonds. The van der Waals surface area contributed by atoms with Crippen LogP contribution >= 0.6 is 17.0 Å². The summed E-state index contributed by atoms with van der Waals surface area (Å²) >= 11 is 0. The first kappa shape index (κ1) is 11.2. The van der Waals surface area contributed by atoms with Gasteiger partial charge in [0, 0.05) is 23.7 Å². The van der Waals surface area contributed by atoms with Gasteiger partial charge in [0.05, 0.1) is 0 Å². The molecule has 0 bridgehead atoms. The van der Waals surface area contributed by atoms with E-state index in [0.29, 0.717) is 12.0 Å². The van der Waals surface area contributed by atoms with Crippen LogP contribution in [0.3, 0.4) is 0 Å². The summed E-state index contributed by atoms with van der Waals surface area (Å²) < 4.78 is 0. The standard InChI is InChI=1S/C10H13NO2.BrH/c1-5-6(2)11-8-4-10(13)9(12)3-7(5)8;/h3-6,11-13H,1-2H3;1H. The zero-order valence-electron chi connectivity index (χ0n) is 8.11. The number of aromatic hydroxyl groups is 2. The second-order valence-corrected chi connectivity index (χ2v) is 3.65. The fourth-order valence-electron chi connectivity index (χ4n) is 1.73. The van der Waals surface area contributed by atoms with E-state index >= 15 is 0 Å². The van der Waals surface area contributed by atoms with Crippen LogP contribution in [0.4, 0.5) is 5.69 Å². The largest absolute Gasteiger partial charge is 0.504 e. The van der Waals surface area contributed by atoms with Crippen molar-refractivity contribution in [2.75, 3.05) is 5.32 Å². The van der Waals surface area contributed by atoms with Crippen LogP contribution < -0.4 is 5.32 Å². The van der Waals surface area contributed by atoms with Gasteiger partial charge in [-0.25, -0.2) is 0 Å². The number of phenols is 2. The third kappa shape index (κ3) is 1.54. The monoisotopic (exact) mass is 259 g/mol. The SMILES string of the molecule is Br.CC1Nc2cc(O)c(O)cc2C1C. The molecule has 0 aromatic heterocycles. The van der Waals surface area contributed by atoms with E-state index in [1.165, 1.54) is 0 Å². The lowest BCUT2D eigenvalue weighted by atomic mass is 9.98. The summed E-state index contributed by atoms with van der Waals surface area (Å²) in [7, 11) is 0. The molecule has 3 nitrogen and oxygen atoms in total. The molecule has 0 radical (unpaired) electrons. The second-order valence-electron chi connectivity index (χ2n) is 3.65. The number of nitrogens with one attached hydrogen (secondary N) is 1. The number of hydrogen-bond acceptors (Lipinski definition) is 3. The van der Waals surface area contributed by atoms with E-state index in [1.807, 2.05) is 0 Å². The average Bonchev–Trinajstić information content (AvgIpc) is 2.32. The van der Waals surface area contributed by atoms with Gasteiger partial charge in [0.1, 0.15) is 0 Å². The summed E-state index contributed by atoms with van der Waals surface area (Å²) in [5.41, 5.74) is 2.00. The molecule has 2 unspecified atom stereocenters. The quantitative estimate of drug-likeness (QED) is 0.496. The third-order valence-electron chi connectivity index (χ3n) is 2.77. The Morgan fingerprint density at radius 3 is 2.36 bits per heavy atom. The molecule has 1 aromatic rings. The van der Waals surface area contributed by atoms with E-state index in [0.717, 1.165) is 11.3 Å². The smallest absolute Gasteiger partial charge is 0.159 e. The van der Waals surface area contributed by atoms with Gasteiger partial charge in [-0.1, -0.05) is 6.92 Å². The molecule has 0 saturated heterocycles. The first-order valence-electron chi connectivity index (χ1n) is 4.42. The molecule has 0 spiro atoms. The van der Waals surface area contributed by atoms with Crippen molar-refractivity contribution in [3.63, 3.8) is 0 Å². The second kappa shape index (κ2) is 3.69. The molecule has 3 N–H and O–H groups in total. The van der Waals surface area contributed by atoms with Gasteiger partial charge in [-0.3, -0.25) is 0 Å². The summed E-state index contributed by atoms with van der Waals surface area (Å²) in [5.74, 6) is 0.274. The van der Waals surface area contributed by atoms with E-state index < -0.39 is 0 Å². The average molecular weight is 260 g/mol. The molecular formula is C10H14BrNO2. The Kier molecular flexibility index (Phi) is 2.95. The van der Waals surface area contributed by atoms with Gasteiger partial charge in [0.25, 0.3) is 0 Å². The van der Waals surface area contributed by atoms with Crippen LogP contribution in [0.15, 0.2) is 12.1 Å². The Bertz CT molecular complexity index is 354. The van der Waals surface area contributed by atoms with Crippen molar-refractivity contribution in [1.82, 2.24) is 0 Å². The highest BCUT2D eigenvalue weighted by atomic mass is 79.9. The highest BCUT2D eigenvalue weighted by Crippen LogP contribution is 2.41. The maximum absolute atomic E-state index is 9.31. The van der Waals surface area contributed by atoms with Crippen LogP contribution in [0.25, 0.3) is 0 Å². The van der Waals surface area contributed by atoms with Gasteiger partial charge in [0.15, 0.2) is 11.5 Å². The van der Waals surface area contributed by atoms with Gasteiger partial charge in [-0.2, -0.15) is 0 Å². The summed E-state index contributed by atoms with van der Waals surface area (Å²) in [6.45, 7) is 4.18. The normalized spacial score (nSPS) is 23.6. The predicted molar refractivity (Wildman–Crippen MR) is 61.6 cm³/mol. The Labute approximate surface area is 93.5 Å². The molecule has 0 aliphatic carbocycles. The van der Waals surface area contributed by atoms with Crippen LogP contribution in [0.5, 0.6) is 11.5 Å². The van der Waals surface area contributed by atoms with E-state index in [1.54, 1.807) is 12.1 Å². The van der Waals surface area contributed by atoms with Gasteiger partial charge in [0.2, 0.25) is 0 Å². The molecule has 4 heteroatoms. The first-order valence-corrected chi connectivity index (χ1v) is 4.42. The lowest BCUT2D eigenvalue weighted by molar-refractivity contribution is 0.403. The fourth-order valence-corrected chi connectivity index (χ4v) is 1.73. The van der Waals surface area contributed by atoms with Gasteiger partial charge in [-0.05, 0) is 18.6 Å². The Balaban J connectivity index is 0.000000980. The van der Waals surface area contributed by atoms with Crippen LogP contribution in [-0.2, 0) is 0 Å². The highest BCUT2D eigenvalue weighted by Gasteiger charge is 2.26. The van der Waals surface area contributed by atoms with E-state index in [2.05, 4.69) is 19.2 Å². The number of benzene rings is 1. The zero-order valence-corrected chi connectivity index (χ0v) is 9.83. The van der Waals surface area contributed by atoms with Gasteiger partial charge < -0.3 is 15.5 Å². The number of rotatable bonds is 0. The molecule has 0 fully saturated rings. The molecule has 0 saturated carbocycles. The van der Waals surface area contributed by atoms with Crippen molar-refractivity contribution in [2.24, 2.45) is 0 Å². The molecule has 1 aliphatic rings. The first-order chi connectivity index (χ1) is 6.09. The van der Waals surface area contributed by atoms with Crippen LogP contribution in [0, 0.1) is 0 Å². The molecule has 78 valence electrons. The summed E-state index contributed by atoms with van der Waals surface area (Å²) in [5, 5.41) is 21.8. The number of hydrogen-bond donors (Lipinski definition) is 3. The third-order valence-corrected chi connectivity index (χ3v) is 2.77. The minimum absolute atomic E-state index is 0. The van der Waals surface area contributed by atoms with E-state index in [4.69, 9.17) is 0 Å². The lowest BCUT2D eigenvalue weighted by Crippen LogP contribution is -2.12. The molecule has 2 rings (SSSR count). The van der Waals surface area contributed by atoms with Crippen molar-refractivity contribution < 1.29 is 10.2 Å².